The highest BCUT2D eigenvalue weighted by Crippen LogP contribution is 2.34. The van der Waals surface area contributed by atoms with Crippen molar-refractivity contribution in [3.05, 3.63) is 0 Å². The Morgan fingerprint density at radius 2 is 2.15 bits per heavy atom. The fourth-order valence-electron chi connectivity index (χ4n) is 2.54. The third kappa shape index (κ3) is 3.44. The van der Waals surface area contributed by atoms with E-state index in [1.165, 1.54) is 0 Å². The lowest BCUT2D eigenvalue weighted by Gasteiger charge is -2.40. The molecule has 0 bridgehead atoms. The third-order valence-electron chi connectivity index (χ3n) is 4.20. The van der Waals surface area contributed by atoms with Crippen molar-refractivity contribution in [3.8, 4) is 12.3 Å². The summed E-state index contributed by atoms with van der Waals surface area (Å²) in [6, 6.07) is -0.0867. The van der Waals surface area contributed by atoms with Crippen molar-refractivity contribution in [2.75, 3.05) is 26.2 Å². The van der Waals surface area contributed by atoms with E-state index in [0.29, 0.717) is 26.2 Å². The lowest BCUT2D eigenvalue weighted by molar-refractivity contribution is -0.151. The zero-order valence-corrected chi connectivity index (χ0v) is 12.6. The molecular formula is C15H24N2O3. The van der Waals surface area contributed by atoms with Crippen LogP contribution < -0.4 is 0 Å². The van der Waals surface area contributed by atoms with Crippen molar-refractivity contribution in [1.82, 2.24) is 9.80 Å². The summed E-state index contributed by atoms with van der Waals surface area (Å²) in [5.74, 6) is 1.64. The van der Waals surface area contributed by atoms with Gasteiger partial charge in [-0.2, -0.15) is 0 Å². The van der Waals surface area contributed by atoms with Gasteiger partial charge in [0.15, 0.2) is 0 Å². The second-order valence-corrected chi connectivity index (χ2v) is 5.81. The first kappa shape index (κ1) is 16.4. The molecule has 1 aliphatic heterocycles. The van der Waals surface area contributed by atoms with Crippen LogP contribution in [0.4, 0.5) is 4.79 Å². The minimum absolute atomic E-state index is 0.0257. The van der Waals surface area contributed by atoms with Crippen LogP contribution in [0.1, 0.15) is 33.6 Å². The minimum atomic E-state index is -0.817. The number of nitrogens with zero attached hydrogens (tertiary/aromatic N) is 2. The lowest BCUT2D eigenvalue weighted by Crippen LogP contribution is -2.51. The average molecular weight is 280 g/mol. The Morgan fingerprint density at radius 3 is 2.65 bits per heavy atom. The highest BCUT2D eigenvalue weighted by molar-refractivity contribution is 5.76. The third-order valence-corrected chi connectivity index (χ3v) is 4.20. The minimum Gasteiger partial charge on any atom is -0.481 e. The van der Waals surface area contributed by atoms with Crippen molar-refractivity contribution < 1.29 is 14.7 Å². The predicted molar refractivity (Wildman–Crippen MR) is 77.2 cm³/mol. The quantitative estimate of drug-likeness (QED) is 0.800. The molecule has 1 saturated heterocycles. The Labute approximate surface area is 120 Å². The Morgan fingerprint density at radius 1 is 1.50 bits per heavy atom. The molecule has 5 nitrogen and oxygen atoms in total. The van der Waals surface area contributed by atoms with Gasteiger partial charge in [0.25, 0.3) is 0 Å². The maximum Gasteiger partial charge on any atom is 0.320 e. The van der Waals surface area contributed by atoms with Crippen LogP contribution in [-0.4, -0.2) is 53.1 Å². The molecule has 1 aliphatic rings. The lowest BCUT2D eigenvalue weighted by atomic mass is 9.74. The van der Waals surface area contributed by atoms with Gasteiger partial charge in [-0.25, -0.2) is 4.79 Å². The number of hydrogen-bond acceptors (Lipinski definition) is 2. The zero-order chi connectivity index (χ0) is 15.3. The second kappa shape index (κ2) is 6.65. The normalized spacial score (nSPS) is 19.3. The Balaban J connectivity index is 2.77. The number of aliphatic carboxylic acids is 1. The van der Waals surface area contributed by atoms with Crippen LogP contribution in [0.3, 0.4) is 0 Å². The molecule has 1 heterocycles. The largest absolute Gasteiger partial charge is 0.481 e. The van der Waals surface area contributed by atoms with Gasteiger partial charge in [-0.3, -0.25) is 4.79 Å². The molecule has 1 fully saturated rings. The van der Waals surface area contributed by atoms with Crippen LogP contribution in [0.5, 0.6) is 0 Å². The molecular weight excluding hydrogens is 256 g/mol. The van der Waals surface area contributed by atoms with Gasteiger partial charge < -0.3 is 14.9 Å². The molecule has 0 aromatic heterocycles. The van der Waals surface area contributed by atoms with Gasteiger partial charge in [0.2, 0.25) is 0 Å². The van der Waals surface area contributed by atoms with E-state index in [9.17, 15) is 14.7 Å². The molecule has 5 heteroatoms. The number of piperidine rings is 1. The van der Waals surface area contributed by atoms with Crippen molar-refractivity contribution in [2.45, 2.75) is 33.6 Å². The number of carboxylic acid groups (broad SMARTS) is 1. The molecule has 0 aromatic rings. The van der Waals surface area contributed by atoms with E-state index in [-0.39, 0.29) is 11.9 Å². The van der Waals surface area contributed by atoms with E-state index >= 15 is 0 Å². The molecule has 0 saturated carbocycles. The van der Waals surface area contributed by atoms with Crippen LogP contribution >= 0.6 is 0 Å². The topological polar surface area (TPSA) is 60.9 Å². The van der Waals surface area contributed by atoms with E-state index < -0.39 is 11.4 Å². The highest BCUT2D eigenvalue weighted by Gasteiger charge is 2.40. The zero-order valence-electron chi connectivity index (χ0n) is 12.6. The average Bonchev–Trinajstić information content (AvgIpc) is 2.44. The van der Waals surface area contributed by atoms with Crippen molar-refractivity contribution in [2.24, 2.45) is 11.3 Å². The van der Waals surface area contributed by atoms with Crippen LogP contribution in [0.15, 0.2) is 0 Å². The molecule has 0 aliphatic carbocycles. The fourth-order valence-corrected chi connectivity index (χ4v) is 2.54. The molecule has 2 amide bonds. The summed E-state index contributed by atoms with van der Waals surface area (Å²) in [6.07, 6.45) is 6.94. The second-order valence-electron chi connectivity index (χ2n) is 5.81. The number of carbonyl (C=O) groups is 2. The van der Waals surface area contributed by atoms with Crippen LogP contribution in [0, 0.1) is 23.7 Å². The van der Waals surface area contributed by atoms with Crippen LogP contribution in [-0.2, 0) is 4.79 Å². The Kier molecular flexibility index (Phi) is 5.43. The molecule has 20 heavy (non-hydrogen) atoms. The van der Waals surface area contributed by atoms with Gasteiger partial charge in [0.05, 0.1) is 12.0 Å². The van der Waals surface area contributed by atoms with Gasteiger partial charge in [-0.15, -0.1) is 6.42 Å². The summed E-state index contributed by atoms with van der Waals surface area (Å²) in [7, 11) is 0. The monoisotopic (exact) mass is 280 g/mol. The number of hydrogen-bond donors (Lipinski definition) is 1. The molecule has 0 radical (unpaired) electrons. The standard InChI is InChI=1S/C15H24N2O3/c1-5-9-16(6-2)14(20)17-10-7-8-12(11-17)15(3,4)13(18)19/h1,12H,6-11H2,2-4H3,(H,18,19). The molecule has 1 atom stereocenters. The maximum atomic E-state index is 12.4. The summed E-state index contributed by atoms with van der Waals surface area (Å²) < 4.78 is 0. The number of urea groups is 1. The van der Waals surface area contributed by atoms with E-state index in [1.54, 1.807) is 23.6 Å². The van der Waals surface area contributed by atoms with E-state index in [4.69, 9.17) is 6.42 Å². The summed E-state index contributed by atoms with van der Waals surface area (Å²) in [4.78, 5) is 27.1. The molecule has 0 spiro atoms. The van der Waals surface area contributed by atoms with Crippen LogP contribution in [0.25, 0.3) is 0 Å². The summed E-state index contributed by atoms with van der Waals surface area (Å²) in [6.45, 7) is 7.36. The molecule has 1 N–H and O–H groups in total. The first-order chi connectivity index (χ1) is 9.34. The SMILES string of the molecule is C#CCN(CC)C(=O)N1CCCC(C(C)(C)C(=O)O)C1. The van der Waals surface area contributed by atoms with Crippen LogP contribution in [0.2, 0.25) is 0 Å². The van der Waals surface area contributed by atoms with Gasteiger partial charge in [0, 0.05) is 19.6 Å². The van der Waals surface area contributed by atoms with Gasteiger partial charge in [0.1, 0.15) is 0 Å². The number of likely N-dealkylation sites (tertiary alicyclic amines) is 1. The number of rotatable bonds is 4. The molecule has 0 aromatic carbocycles. The number of amides is 2. The Bertz CT molecular complexity index is 412. The van der Waals surface area contributed by atoms with Gasteiger partial charge in [-0.1, -0.05) is 5.92 Å². The summed E-state index contributed by atoms with van der Waals surface area (Å²) in [5.41, 5.74) is -0.817. The van der Waals surface area contributed by atoms with E-state index in [0.717, 1.165) is 12.8 Å². The molecule has 1 rings (SSSR count). The first-order valence-electron chi connectivity index (χ1n) is 7.05. The number of carboxylic acids is 1. The highest BCUT2D eigenvalue weighted by atomic mass is 16.4. The molecule has 1 unspecified atom stereocenters. The summed E-state index contributed by atoms with van der Waals surface area (Å²) >= 11 is 0. The molecule has 112 valence electrons. The van der Waals surface area contributed by atoms with Crippen molar-refractivity contribution >= 4 is 12.0 Å². The number of terminal acetylenes is 1. The first-order valence-corrected chi connectivity index (χ1v) is 7.05. The predicted octanol–water partition coefficient (Wildman–Crippen LogP) is 1.88. The van der Waals surface area contributed by atoms with Crippen molar-refractivity contribution in [1.29, 1.82) is 0 Å². The fraction of sp³-hybridized carbons (Fsp3) is 0.733. The van der Waals surface area contributed by atoms with Gasteiger partial charge >= 0.3 is 12.0 Å². The maximum absolute atomic E-state index is 12.4. The van der Waals surface area contributed by atoms with E-state index in [1.807, 2.05) is 6.92 Å². The summed E-state index contributed by atoms with van der Waals surface area (Å²) in [5, 5.41) is 9.32. The smallest absolute Gasteiger partial charge is 0.320 e. The van der Waals surface area contributed by atoms with Gasteiger partial charge in [-0.05, 0) is 39.5 Å². The van der Waals surface area contributed by atoms with Crippen molar-refractivity contribution in [3.63, 3.8) is 0 Å². The Hall–Kier alpha value is -1.70. The number of carbonyl (C=O) groups excluding carboxylic acids is 1. The van der Waals surface area contributed by atoms with E-state index in [2.05, 4.69) is 5.92 Å².